The lowest BCUT2D eigenvalue weighted by Crippen LogP contribution is -2.39. The predicted molar refractivity (Wildman–Crippen MR) is 71.7 cm³/mol. The summed E-state index contributed by atoms with van der Waals surface area (Å²) in [5.41, 5.74) is 0. The van der Waals surface area contributed by atoms with Crippen molar-refractivity contribution in [1.29, 1.82) is 0 Å². The minimum atomic E-state index is -0.126. The fourth-order valence-corrected chi connectivity index (χ4v) is 4.87. The van der Waals surface area contributed by atoms with E-state index in [9.17, 15) is 4.79 Å². The summed E-state index contributed by atoms with van der Waals surface area (Å²) in [4.78, 5) is 12.2. The molecule has 2 aliphatic heterocycles. The van der Waals surface area contributed by atoms with Gasteiger partial charge in [-0.25, -0.2) is 0 Å². The van der Waals surface area contributed by atoms with Crippen LogP contribution in [0, 0.1) is 29.6 Å². The zero-order chi connectivity index (χ0) is 13.7. The molecule has 1 saturated carbocycles. The molecule has 4 rings (SSSR count). The molecule has 0 radical (unpaired) electrons. The third-order valence-corrected chi connectivity index (χ3v) is 5.54. The first-order valence-electron chi connectivity index (χ1n) is 7.87. The Labute approximate surface area is 119 Å². The summed E-state index contributed by atoms with van der Waals surface area (Å²) in [7, 11) is 0. The maximum Gasteiger partial charge on any atom is 0.313 e. The van der Waals surface area contributed by atoms with Crippen molar-refractivity contribution < 1.29 is 19.0 Å². The molecule has 20 heavy (non-hydrogen) atoms. The number of hydrogen-bond donors (Lipinski definition) is 0. The van der Waals surface area contributed by atoms with Crippen LogP contribution in [0.15, 0.2) is 12.2 Å². The van der Waals surface area contributed by atoms with Gasteiger partial charge in [0.25, 0.3) is 0 Å². The second kappa shape index (κ2) is 4.85. The van der Waals surface area contributed by atoms with Crippen molar-refractivity contribution in [2.45, 2.75) is 38.4 Å². The number of rotatable bonds is 5. The largest absolute Gasteiger partial charge is 0.438 e. The smallest absolute Gasteiger partial charge is 0.313 e. The summed E-state index contributed by atoms with van der Waals surface area (Å²) in [6.07, 6.45) is 8.11. The van der Waals surface area contributed by atoms with Crippen molar-refractivity contribution in [3.05, 3.63) is 12.2 Å². The topological polar surface area (TPSA) is 44.8 Å². The standard InChI is InChI=1S/C16H22O4/c1-2-5-18-8-19-16(17)11-7-12-13-9-3-4-10(6-9)14(13)15(11)20-12/h3-4,9-15H,2,5-8H2,1H3. The van der Waals surface area contributed by atoms with Crippen LogP contribution < -0.4 is 0 Å². The van der Waals surface area contributed by atoms with Crippen molar-refractivity contribution in [2.24, 2.45) is 29.6 Å². The molecule has 0 N–H and O–H groups in total. The zero-order valence-corrected chi connectivity index (χ0v) is 11.9. The number of carbonyl (C=O) groups is 1. The van der Waals surface area contributed by atoms with Gasteiger partial charge in [-0.2, -0.15) is 0 Å². The van der Waals surface area contributed by atoms with Crippen LogP contribution in [-0.4, -0.2) is 31.6 Å². The van der Waals surface area contributed by atoms with Crippen molar-refractivity contribution in [1.82, 2.24) is 0 Å². The average Bonchev–Trinajstić information content (AvgIpc) is 3.20. The second-order valence-corrected chi connectivity index (χ2v) is 6.57. The summed E-state index contributed by atoms with van der Waals surface area (Å²) < 4.78 is 16.6. The Kier molecular flexibility index (Phi) is 3.11. The SMILES string of the molecule is CCCOCOC(=O)C1CC2OC1C1C3C=CC(C3)C21. The summed E-state index contributed by atoms with van der Waals surface area (Å²) >= 11 is 0. The van der Waals surface area contributed by atoms with E-state index in [0.717, 1.165) is 12.8 Å². The minimum absolute atomic E-state index is 0.0702. The Hall–Kier alpha value is -0.870. The maximum absolute atomic E-state index is 12.2. The molecule has 0 spiro atoms. The molecule has 2 saturated heterocycles. The quantitative estimate of drug-likeness (QED) is 0.334. The first-order chi connectivity index (χ1) is 9.79. The number of carbonyl (C=O) groups excluding carboxylic acids is 1. The van der Waals surface area contributed by atoms with Gasteiger partial charge < -0.3 is 14.2 Å². The molecule has 7 unspecified atom stereocenters. The summed E-state index contributed by atoms with van der Waals surface area (Å²) in [5.74, 6) is 2.35. The van der Waals surface area contributed by atoms with E-state index in [1.165, 1.54) is 6.42 Å². The fourth-order valence-electron chi connectivity index (χ4n) is 4.87. The molecule has 0 aromatic rings. The van der Waals surface area contributed by atoms with Crippen LogP contribution in [0.5, 0.6) is 0 Å². The van der Waals surface area contributed by atoms with E-state index in [1.807, 2.05) is 6.92 Å². The van der Waals surface area contributed by atoms with Gasteiger partial charge in [-0.3, -0.25) is 4.79 Å². The Balaban J connectivity index is 1.38. The Morgan fingerprint density at radius 1 is 1.25 bits per heavy atom. The highest BCUT2D eigenvalue weighted by Crippen LogP contribution is 2.61. The van der Waals surface area contributed by atoms with Gasteiger partial charge >= 0.3 is 5.97 Å². The van der Waals surface area contributed by atoms with Crippen LogP contribution >= 0.6 is 0 Å². The van der Waals surface area contributed by atoms with E-state index in [0.29, 0.717) is 30.3 Å². The molecule has 0 aromatic carbocycles. The summed E-state index contributed by atoms with van der Waals surface area (Å²) in [6, 6.07) is 0. The molecule has 7 atom stereocenters. The minimum Gasteiger partial charge on any atom is -0.438 e. The number of ether oxygens (including phenoxy) is 3. The first kappa shape index (κ1) is 12.8. The van der Waals surface area contributed by atoms with Gasteiger partial charge in [-0.15, -0.1) is 0 Å². The normalized spacial score (nSPS) is 47.0. The lowest BCUT2D eigenvalue weighted by Gasteiger charge is -2.32. The van der Waals surface area contributed by atoms with Crippen LogP contribution in [-0.2, 0) is 19.0 Å². The van der Waals surface area contributed by atoms with Gasteiger partial charge in [0, 0.05) is 0 Å². The second-order valence-electron chi connectivity index (χ2n) is 6.57. The number of esters is 1. The molecule has 110 valence electrons. The van der Waals surface area contributed by atoms with Crippen molar-refractivity contribution in [3.8, 4) is 0 Å². The predicted octanol–water partition coefficient (Wildman–Crippen LogP) is 2.14. The third-order valence-electron chi connectivity index (χ3n) is 5.54. The van der Waals surface area contributed by atoms with Crippen LogP contribution in [0.3, 0.4) is 0 Å². The van der Waals surface area contributed by atoms with Gasteiger partial charge in [-0.05, 0) is 42.9 Å². The van der Waals surface area contributed by atoms with Crippen LogP contribution in [0.2, 0.25) is 0 Å². The molecular formula is C16H22O4. The van der Waals surface area contributed by atoms with Crippen LogP contribution in [0.1, 0.15) is 26.2 Å². The molecule has 4 bridgehead atoms. The molecule has 0 aromatic heterocycles. The number of fused-ring (bicyclic) bond motifs is 9. The van der Waals surface area contributed by atoms with Gasteiger partial charge in [-0.1, -0.05) is 19.1 Å². The lowest BCUT2D eigenvalue weighted by atomic mass is 9.69. The van der Waals surface area contributed by atoms with E-state index in [4.69, 9.17) is 14.2 Å². The Bertz CT molecular complexity index is 432. The van der Waals surface area contributed by atoms with E-state index >= 15 is 0 Å². The fraction of sp³-hybridized carbons (Fsp3) is 0.812. The molecule has 3 fully saturated rings. The molecular weight excluding hydrogens is 256 g/mol. The van der Waals surface area contributed by atoms with E-state index in [1.54, 1.807) is 0 Å². The number of allylic oxidation sites excluding steroid dienone is 2. The van der Waals surface area contributed by atoms with Crippen LogP contribution in [0.25, 0.3) is 0 Å². The highest BCUT2D eigenvalue weighted by molar-refractivity contribution is 5.74. The van der Waals surface area contributed by atoms with Crippen LogP contribution in [0.4, 0.5) is 0 Å². The Morgan fingerprint density at radius 2 is 2.05 bits per heavy atom. The lowest BCUT2D eigenvalue weighted by molar-refractivity contribution is -0.164. The van der Waals surface area contributed by atoms with Crippen molar-refractivity contribution in [2.75, 3.05) is 13.4 Å². The van der Waals surface area contributed by atoms with Gasteiger partial charge in [0.1, 0.15) is 0 Å². The molecule has 2 heterocycles. The molecule has 4 nitrogen and oxygen atoms in total. The highest BCUT2D eigenvalue weighted by atomic mass is 16.7. The Morgan fingerprint density at radius 3 is 2.85 bits per heavy atom. The van der Waals surface area contributed by atoms with E-state index in [2.05, 4.69) is 12.2 Å². The molecule has 0 amide bonds. The third kappa shape index (κ3) is 1.77. The van der Waals surface area contributed by atoms with E-state index < -0.39 is 0 Å². The van der Waals surface area contributed by atoms with Gasteiger partial charge in [0.15, 0.2) is 6.79 Å². The summed E-state index contributed by atoms with van der Waals surface area (Å²) in [6.45, 7) is 2.76. The van der Waals surface area contributed by atoms with Crippen molar-refractivity contribution in [3.63, 3.8) is 0 Å². The molecule has 4 heteroatoms. The molecule has 2 aliphatic carbocycles. The van der Waals surface area contributed by atoms with Gasteiger partial charge in [0.2, 0.25) is 0 Å². The first-order valence-corrected chi connectivity index (χ1v) is 7.87. The molecule has 4 aliphatic rings. The van der Waals surface area contributed by atoms with Gasteiger partial charge in [0.05, 0.1) is 24.7 Å². The summed E-state index contributed by atoms with van der Waals surface area (Å²) in [5, 5.41) is 0. The highest BCUT2D eigenvalue weighted by Gasteiger charge is 2.64. The monoisotopic (exact) mass is 278 g/mol. The maximum atomic E-state index is 12.2. The van der Waals surface area contributed by atoms with Crippen molar-refractivity contribution >= 4 is 5.97 Å². The van der Waals surface area contributed by atoms with E-state index in [-0.39, 0.29) is 30.9 Å². The average molecular weight is 278 g/mol. The zero-order valence-electron chi connectivity index (χ0n) is 11.9. The number of hydrogen-bond acceptors (Lipinski definition) is 4.